The molecule has 94 valence electrons. The number of carbonyl (C=O) groups is 1. The monoisotopic (exact) mass is 263 g/mol. The summed E-state index contributed by atoms with van der Waals surface area (Å²) in [4.78, 5) is 11.9. The highest BCUT2D eigenvalue weighted by Crippen LogP contribution is 2.15. The van der Waals surface area contributed by atoms with Gasteiger partial charge in [0.15, 0.2) is 0 Å². The number of benzene rings is 1. The van der Waals surface area contributed by atoms with Crippen LogP contribution in [0.4, 0.5) is 0 Å². The van der Waals surface area contributed by atoms with Crippen molar-refractivity contribution >= 4 is 17.5 Å². The van der Waals surface area contributed by atoms with Gasteiger partial charge >= 0.3 is 0 Å². The maximum Gasteiger partial charge on any atom is 0.253 e. The van der Waals surface area contributed by atoms with Crippen LogP contribution in [0.5, 0.6) is 0 Å². The first kappa shape index (κ1) is 12.6. The van der Waals surface area contributed by atoms with Gasteiger partial charge in [0.25, 0.3) is 5.91 Å². The van der Waals surface area contributed by atoms with E-state index in [1.165, 1.54) is 0 Å². The first-order valence-electron chi connectivity index (χ1n) is 5.60. The van der Waals surface area contributed by atoms with Gasteiger partial charge in [-0.05, 0) is 19.1 Å². The smallest absolute Gasteiger partial charge is 0.253 e. The first-order valence-corrected chi connectivity index (χ1v) is 5.97. The lowest BCUT2D eigenvalue weighted by Crippen LogP contribution is -2.23. The van der Waals surface area contributed by atoms with Gasteiger partial charge in [0, 0.05) is 24.8 Å². The molecule has 2 aromatic rings. The predicted octanol–water partition coefficient (Wildman–Crippen LogP) is 2.31. The molecule has 0 fully saturated rings. The molecule has 0 atom stereocenters. The number of rotatable bonds is 3. The summed E-state index contributed by atoms with van der Waals surface area (Å²) in [5.41, 5.74) is 2.52. The zero-order valence-electron chi connectivity index (χ0n) is 10.3. The lowest BCUT2D eigenvalue weighted by Gasteiger charge is -2.06. The van der Waals surface area contributed by atoms with Gasteiger partial charge in [-0.1, -0.05) is 23.7 Å². The van der Waals surface area contributed by atoms with E-state index in [0.29, 0.717) is 17.1 Å². The Morgan fingerprint density at radius 3 is 2.78 bits per heavy atom. The first-order chi connectivity index (χ1) is 8.59. The number of halogens is 1. The molecule has 0 aliphatic rings. The summed E-state index contributed by atoms with van der Waals surface area (Å²) in [5, 5.41) is 7.41. The van der Waals surface area contributed by atoms with Crippen molar-refractivity contribution in [3.63, 3.8) is 0 Å². The second-order valence-electron chi connectivity index (χ2n) is 4.04. The molecule has 4 nitrogen and oxygen atoms in total. The van der Waals surface area contributed by atoms with Crippen LogP contribution in [-0.4, -0.2) is 15.7 Å². The summed E-state index contributed by atoms with van der Waals surface area (Å²) in [5.74, 6) is -0.177. The maximum absolute atomic E-state index is 11.9. The molecule has 0 saturated carbocycles. The fourth-order valence-corrected chi connectivity index (χ4v) is 1.86. The normalized spacial score (nSPS) is 10.4. The van der Waals surface area contributed by atoms with Crippen molar-refractivity contribution in [2.24, 2.45) is 7.05 Å². The molecule has 0 radical (unpaired) electrons. The third-order valence-electron chi connectivity index (χ3n) is 2.89. The van der Waals surface area contributed by atoms with Crippen LogP contribution in [0.15, 0.2) is 30.5 Å². The van der Waals surface area contributed by atoms with Crippen LogP contribution in [0.2, 0.25) is 5.02 Å². The fourth-order valence-electron chi connectivity index (χ4n) is 1.63. The van der Waals surface area contributed by atoms with E-state index in [2.05, 4.69) is 10.4 Å². The SMILES string of the molecule is Cc1c(CNC(=O)c2ccccc2Cl)cnn1C. The molecule has 0 bridgehead atoms. The summed E-state index contributed by atoms with van der Waals surface area (Å²) in [6, 6.07) is 6.99. The molecule has 0 aliphatic carbocycles. The molecule has 0 saturated heterocycles. The molecular weight excluding hydrogens is 250 g/mol. The summed E-state index contributed by atoms with van der Waals surface area (Å²) >= 11 is 5.96. The third kappa shape index (κ3) is 2.54. The van der Waals surface area contributed by atoms with E-state index in [9.17, 15) is 4.79 Å². The highest BCUT2D eigenvalue weighted by Gasteiger charge is 2.10. The number of amides is 1. The number of nitrogens with one attached hydrogen (secondary N) is 1. The van der Waals surface area contributed by atoms with Crippen molar-refractivity contribution in [3.8, 4) is 0 Å². The Morgan fingerprint density at radius 1 is 1.44 bits per heavy atom. The van der Waals surface area contributed by atoms with Crippen molar-refractivity contribution < 1.29 is 4.79 Å². The molecule has 0 aliphatic heterocycles. The second kappa shape index (κ2) is 5.23. The van der Waals surface area contributed by atoms with E-state index < -0.39 is 0 Å². The summed E-state index contributed by atoms with van der Waals surface area (Å²) < 4.78 is 1.77. The molecule has 1 N–H and O–H groups in total. The maximum atomic E-state index is 11.9. The number of hydrogen-bond donors (Lipinski definition) is 1. The van der Waals surface area contributed by atoms with Crippen LogP contribution in [0.25, 0.3) is 0 Å². The van der Waals surface area contributed by atoms with Gasteiger partial charge in [-0.3, -0.25) is 9.48 Å². The number of nitrogens with zero attached hydrogens (tertiary/aromatic N) is 2. The van der Waals surface area contributed by atoms with Gasteiger partial charge in [-0.25, -0.2) is 0 Å². The number of aryl methyl sites for hydroxylation is 1. The minimum atomic E-state index is -0.177. The van der Waals surface area contributed by atoms with E-state index >= 15 is 0 Å². The highest BCUT2D eigenvalue weighted by atomic mass is 35.5. The molecule has 1 aromatic carbocycles. The predicted molar refractivity (Wildman–Crippen MR) is 70.6 cm³/mol. The Morgan fingerprint density at radius 2 is 2.17 bits per heavy atom. The number of aromatic nitrogens is 2. The van der Waals surface area contributed by atoms with Crippen molar-refractivity contribution in [2.75, 3.05) is 0 Å². The fraction of sp³-hybridized carbons (Fsp3) is 0.231. The van der Waals surface area contributed by atoms with Crippen LogP contribution < -0.4 is 5.32 Å². The van der Waals surface area contributed by atoms with Crippen LogP contribution in [0.3, 0.4) is 0 Å². The Balaban J connectivity index is 2.05. The number of carbonyl (C=O) groups excluding carboxylic acids is 1. The van der Waals surface area contributed by atoms with Crippen molar-refractivity contribution in [1.82, 2.24) is 15.1 Å². The minimum absolute atomic E-state index is 0.177. The molecule has 1 aromatic heterocycles. The second-order valence-corrected chi connectivity index (χ2v) is 4.45. The molecule has 2 rings (SSSR count). The zero-order chi connectivity index (χ0) is 13.1. The molecule has 5 heteroatoms. The van der Waals surface area contributed by atoms with Gasteiger partial charge < -0.3 is 5.32 Å². The zero-order valence-corrected chi connectivity index (χ0v) is 11.0. The van der Waals surface area contributed by atoms with Crippen molar-refractivity contribution in [2.45, 2.75) is 13.5 Å². The topological polar surface area (TPSA) is 46.9 Å². The molecule has 0 unspecified atom stereocenters. The van der Waals surface area contributed by atoms with Crippen LogP contribution in [0, 0.1) is 6.92 Å². The Hall–Kier alpha value is -1.81. The van der Waals surface area contributed by atoms with E-state index in [-0.39, 0.29) is 5.91 Å². The van der Waals surface area contributed by atoms with E-state index in [1.807, 2.05) is 14.0 Å². The van der Waals surface area contributed by atoms with Crippen LogP contribution >= 0.6 is 11.6 Å². The van der Waals surface area contributed by atoms with Crippen molar-refractivity contribution in [3.05, 3.63) is 52.3 Å². The Kier molecular flexibility index (Phi) is 3.67. The average molecular weight is 264 g/mol. The molecule has 0 spiro atoms. The lowest BCUT2D eigenvalue weighted by molar-refractivity contribution is 0.0951. The molecule has 18 heavy (non-hydrogen) atoms. The standard InChI is InChI=1S/C13H14ClN3O/c1-9-10(8-16-17(9)2)7-15-13(18)11-5-3-4-6-12(11)14/h3-6,8H,7H2,1-2H3,(H,15,18). The van der Waals surface area contributed by atoms with E-state index in [4.69, 9.17) is 11.6 Å². The Bertz CT molecular complexity index is 577. The Labute approximate surface area is 111 Å². The largest absolute Gasteiger partial charge is 0.348 e. The average Bonchev–Trinajstić information content (AvgIpc) is 2.68. The molecule has 1 amide bonds. The summed E-state index contributed by atoms with van der Waals surface area (Å²) in [6.07, 6.45) is 1.75. The minimum Gasteiger partial charge on any atom is -0.348 e. The molecular formula is C13H14ClN3O. The van der Waals surface area contributed by atoms with Crippen LogP contribution in [0.1, 0.15) is 21.6 Å². The molecule has 1 heterocycles. The van der Waals surface area contributed by atoms with Crippen LogP contribution in [-0.2, 0) is 13.6 Å². The third-order valence-corrected chi connectivity index (χ3v) is 3.22. The van der Waals surface area contributed by atoms with Gasteiger partial charge in [0.2, 0.25) is 0 Å². The summed E-state index contributed by atoms with van der Waals surface area (Å²) in [7, 11) is 1.87. The van der Waals surface area contributed by atoms with Gasteiger partial charge in [-0.2, -0.15) is 5.10 Å². The highest BCUT2D eigenvalue weighted by molar-refractivity contribution is 6.33. The van der Waals surface area contributed by atoms with Gasteiger partial charge in [0.05, 0.1) is 16.8 Å². The van der Waals surface area contributed by atoms with Gasteiger partial charge in [0.1, 0.15) is 0 Å². The van der Waals surface area contributed by atoms with E-state index in [1.54, 1.807) is 35.1 Å². The number of hydrogen-bond acceptors (Lipinski definition) is 2. The quantitative estimate of drug-likeness (QED) is 0.924. The summed E-state index contributed by atoms with van der Waals surface area (Å²) in [6.45, 7) is 2.41. The van der Waals surface area contributed by atoms with E-state index in [0.717, 1.165) is 11.3 Å². The van der Waals surface area contributed by atoms with Gasteiger partial charge in [-0.15, -0.1) is 0 Å². The lowest BCUT2D eigenvalue weighted by atomic mass is 10.2. The van der Waals surface area contributed by atoms with Crippen molar-refractivity contribution in [1.29, 1.82) is 0 Å².